The molecule has 2 rings (SSSR count). The van der Waals surface area contributed by atoms with Crippen LogP contribution < -0.4 is 10.2 Å². The summed E-state index contributed by atoms with van der Waals surface area (Å²) in [5, 5.41) is 2.91. The highest BCUT2D eigenvalue weighted by Gasteiger charge is 2.03. The molecule has 4 heteroatoms. The Morgan fingerprint density at radius 3 is 2.35 bits per heavy atom. The molecule has 0 saturated carbocycles. The molecule has 0 bridgehead atoms. The zero-order valence-corrected chi connectivity index (χ0v) is 11.8. The third-order valence-corrected chi connectivity index (χ3v) is 3.09. The van der Waals surface area contributed by atoms with Crippen LogP contribution in [-0.2, 0) is 6.42 Å². The number of hydrogen-bond donors (Lipinski definition) is 1. The minimum Gasteiger partial charge on any atom is -0.378 e. The van der Waals surface area contributed by atoms with Crippen LogP contribution in [-0.4, -0.2) is 31.5 Å². The van der Waals surface area contributed by atoms with Gasteiger partial charge in [0.15, 0.2) is 0 Å². The highest BCUT2D eigenvalue weighted by atomic mass is 16.1. The van der Waals surface area contributed by atoms with Crippen molar-refractivity contribution in [2.24, 2.45) is 0 Å². The van der Waals surface area contributed by atoms with Crippen LogP contribution in [0.15, 0.2) is 48.8 Å². The van der Waals surface area contributed by atoms with Gasteiger partial charge in [0.2, 0.25) is 0 Å². The van der Waals surface area contributed by atoms with Crippen molar-refractivity contribution in [3.63, 3.8) is 0 Å². The van der Waals surface area contributed by atoms with Crippen molar-refractivity contribution >= 4 is 11.6 Å². The van der Waals surface area contributed by atoms with Crippen LogP contribution in [0.1, 0.15) is 15.9 Å². The van der Waals surface area contributed by atoms with Crippen LogP contribution >= 0.6 is 0 Å². The molecule has 0 aliphatic rings. The summed E-state index contributed by atoms with van der Waals surface area (Å²) in [6.45, 7) is 0.627. The third-order valence-electron chi connectivity index (χ3n) is 3.09. The molecule has 0 aliphatic heterocycles. The number of amides is 1. The summed E-state index contributed by atoms with van der Waals surface area (Å²) in [5.41, 5.74) is 3.03. The van der Waals surface area contributed by atoms with E-state index in [4.69, 9.17) is 0 Å². The van der Waals surface area contributed by atoms with Gasteiger partial charge in [-0.15, -0.1) is 0 Å². The molecule has 1 aromatic heterocycles. The Hall–Kier alpha value is -2.36. The normalized spacial score (nSPS) is 10.1. The summed E-state index contributed by atoms with van der Waals surface area (Å²) >= 11 is 0. The van der Waals surface area contributed by atoms with E-state index in [2.05, 4.69) is 39.5 Å². The summed E-state index contributed by atoms with van der Waals surface area (Å²) in [6, 6.07) is 11.8. The van der Waals surface area contributed by atoms with Crippen LogP contribution in [0, 0.1) is 0 Å². The van der Waals surface area contributed by atoms with Gasteiger partial charge in [-0.05, 0) is 36.2 Å². The van der Waals surface area contributed by atoms with Gasteiger partial charge in [0, 0.05) is 44.3 Å². The van der Waals surface area contributed by atoms with Gasteiger partial charge in [-0.1, -0.05) is 12.1 Å². The van der Waals surface area contributed by atoms with Gasteiger partial charge in [-0.3, -0.25) is 9.78 Å². The molecule has 1 heterocycles. The zero-order chi connectivity index (χ0) is 14.4. The first-order valence-corrected chi connectivity index (χ1v) is 6.61. The topological polar surface area (TPSA) is 45.2 Å². The highest BCUT2D eigenvalue weighted by molar-refractivity contribution is 5.93. The molecule has 0 fully saturated rings. The first-order valence-electron chi connectivity index (χ1n) is 6.61. The monoisotopic (exact) mass is 269 g/mol. The molecule has 0 spiro atoms. The zero-order valence-electron chi connectivity index (χ0n) is 11.8. The Balaban J connectivity index is 1.82. The van der Waals surface area contributed by atoms with E-state index in [-0.39, 0.29) is 5.91 Å². The lowest BCUT2D eigenvalue weighted by atomic mass is 10.1. The van der Waals surface area contributed by atoms with Gasteiger partial charge < -0.3 is 10.2 Å². The maximum absolute atomic E-state index is 11.8. The molecule has 1 aromatic carbocycles. The van der Waals surface area contributed by atoms with Gasteiger partial charge in [0.25, 0.3) is 5.91 Å². The second kappa shape index (κ2) is 6.70. The van der Waals surface area contributed by atoms with Gasteiger partial charge >= 0.3 is 0 Å². The predicted molar refractivity (Wildman–Crippen MR) is 81.0 cm³/mol. The highest BCUT2D eigenvalue weighted by Crippen LogP contribution is 2.12. The van der Waals surface area contributed by atoms with Crippen LogP contribution in [0.25, 0.3) is 0 Å². The molecule has 1 N–H and O–H groups in total. The molecular weight excluding hydrogens is 250 g/mol. The van der Waals surface area contributed by atoms with E-state index in [9.17, 15) is 4.79 Å². The first kappa shape index (κ1) is 14.1. The summed E-state index contributed by atoms with van der Waals surface area (Å²) < 4.78 is 0. The van der Waals surface area contributed by atoms with Crippen molar-refractivity contribution in [1.82, 2.24) is 10.3 Å². The average molecular weight is 269 g/mol. The van der Waals surface area contributed by atoms with E-state index in [0.29, 0.717) is 12.1 Å². The minimum atomic E-state index is -0.0580. The van der Waals surface area contributed by atoms with Crippen molar-refractivity contribution in [3.8, 4) is 0 Å². The van der Waals surface area contributed by atoms with Crippen LogP contribution in [0.4, 0.5) is 5.69 Å². The fourth-order valence-corrected chi connectivity index (χ4v) is 1.89. The summed E-state index contributed by atoms with van der Waals surface area (Å²) in [7, 11) is 4.04. The van der Waals surface area contributed by atoms with E-state index >= 15 is 0 Å². The van der Waals surface area contributed by atoms with Crippen molar-refractivity contribution in [2.45, 2.75) is 6.42 Å². The van der Waals surface area contributed by atoms with E-state index in [1.165, 1.54) is 11.3 Å². The molecule has 0 aliphatic carbocycles. The standard InChI is InChI=1S/C16H19N3O/c1-19(2)15-5-3-13(4-6-15)7-12-18-16(20)14-8-10-17-11-9-14/h3-6,8-11H,7,12H2,1-2H3,(H,18,20). The van der Waals surface area contributed by atoms with Crippen LogP contribution in [0.2, 0.25) is 0 Å². The predicted octanol–water partition coefficient (Wildman–Crippen LogP) is 2.12. The largest absolute Gasteiger partial charge is 0.378 e. The fraction of sp³-hybridized carbons (Fsp3) is 0.250. The molecule has 104 valence electrons. The maximum Gasteiger partial charge on any atom is 0.251 e. The molecule has 4 nitrogen and oxygen atoms in total. The van der Waals surface area contributed by atoms with Gasteiger partial charge in [-0.25, -0.2) is 0 Å². The van der Waals surface area contributed by atoms with Gasteiger partial charge in [0.05, 0.1) is 0 Å². The molecule has 0 saturated heterocycles. The number of carbonyl (C=O) groups is 1. The average Bonchev–Trinajstić information content (AvgIpc) is 2.48. The lowest BCUT2D eigenvalue weighted by Crippen LogP contribution is -2.25. The summed E-state index contributed by atoms with van der Waals surface area (Å²) in [5.74, 6) is -0.0580. The van der Waals surface area contributed by atoms with E-state index in [1.807, 2.05) is 14.1 Å². The van der Waals surface area contributed by atoms with Crippen molar-refractivity contribution in [3.05, 3.63) is 59.9 Å². The number of nitrogens with one attached hydrogen (secondary N) is 1. The Morgan fingerprint density at radius 1 is 1.10 bits per heavy atom. The Labute approximate surface area is 119 Å². The van der Waals surface area contributed by atoms with Gasteiger partial charge in [-0.2, -0.15) is 0 Å². The quantitative estimate of drug-likeness (QED) is 0.904. The smallest absolute Gasteiger partial charge is 0.251 e. The number of carbonyl (C=O) groups excluding carboxylic acids is 1. The number of anilines is 1. The van der Waals surface area contributed by atoms with Crippen LogP contribution in [0.5, 0.6) is 0 Å². The lowest BCUT2D eigenvalue weighted by Gasteiger charge is -2.12. The second-order valence-corrected chi connectivity index (χ2v) is 4.80. The number of rotatable bonds is 5. The van der Waals surface area contributed by atoms with Crippen molar-refractivity contribution in [1.29, 1.82) is 0 Å². The Morgan fingerprint density at radius 2 is 1.75 bits per heavy atom. The Bertz CT molecular complexity index is 550. The van der Waals surface area contributed by atoms with Crippen molar-refractivity contribution in [2.75, 3.05) is 25.5 Å². The minimum absolute atomic E-state index is 0.0580. The van der Waals surface area contributed by atoms with Crippen molar-refractivity contribution < 1.29 is 4.79 Å². The molecule has 1 amide bonds. The van der Waals surface area contributed by atoms with E-state index < -0.39 is 0 Å². The fourth-order valence-electron chi connectivity index (χ4n) is 1.89. The number of hydrogen-bond acceptors (Lipinski definition) is 3. The lowest BCUT2D eigenvalue weighted by molar-refractivity contribution is 0.0954. The first-order chi connectivity index (χ1) is 9.66. The summed E-state index contributed by atoms with van der Waals surface area (Å²) in [6.07, 6.45) is 4.06. The number of nitrogens with zero attached hydrogens (tertiary/aromatic N) is 2. The summed E-state index contributed by atoms with van der Waals surface area (Å²) in [4.78, 5) is 17.8. The molecular formula is C16H19N3O. The molecule has 0 atom stereocenters. The molecule has 2 aromatic rings. The van der Waals surface area contributed by atoms with E-state index in [1.54, 1.807) is 24.5 Å². The third kappa shape index (κ3) is 3.82. The second-order valence-electron chi connectivity index (χ2n) is 4.80. The van der Waals surface area contributed by atoms with Crippen LogP contribution in [0.3, 0.4) is 0 Å². The number of aromatic nitrogens is 1. The van der Waals surface area contributed by atoms with E-state index in [0.717, 1.165) is 6.42 Å². The molecule has 0 unspecified atom stereocenters. The maximum atomic E-state index is 11.8. The SMILES string of the molecule is CN(C)c1ccc(CCNC(=O)c2ccncc2)cc1. The van der Waals surface area contributed by atoms with Gasteiger partial charge in [0.1, 0.15) is 0 Å². The Kier molecular flexibility index (Phi) is 4.71. The number of pyridine rings is 1. The molecule has 0 radical (unpaired) electrons. The number of benzene rings is 1. The molecule has 20 heavy (non-hydrogen) atoms.